The Morgan fingerprint density at radius 3 is 2.60 bits per heavy atom. The normalized spacial score (nSPS) is 12.8. The molecule has 0 spiro atoms. The number of hydrogen-bond acceptors (Lipinski definition) is 2. The molecule has 0 saturated carbocycles. The Bertz CT molecular complexity index is 771. The van der Waals surface area contributed by atoms with Crippen LogP contribution < -0.4 is 5.73 Å². The van der Waals surface area contributed by atoms with Crippen LogP contribution in [0.4, 0.5) is 5.69 Å². The van der Waals surface area contributed by atoms with Gasteiger partial charge in [-0.15, -0.1) is 0 Å². The highest BCUT2D eigenvalue weighted by Crippen LogP contribution is 2.26. The topological polar surface area (TPSA) is 43.8 Å². The third-order valence-corrected chi connectivity index (χ3v) is 4.00. The molecule has 0 fully saturated rings. The predicted molar refractivity (Wildman–Crippen MR) is 83.9 cm³/mol. The quantitative estimate of drug-likeness (QED) is 0.715. The van der Waals surface area contributed by atoms with Crippen LogP contribution in [-0.2, 0) is 0 Å². The van der Waals surface area contributed by atoms with Crippen LogP contribution in [-0.4, -0.2) is 9.55 Å². The molecular formula is C17H19N3. The zero-order chi connectivity index (χ0) is 14.3. The van der Waals surface area contributed by atoms with Gasteiger partial charge < -0.3 is 10.3 Å². The molecule has 3 heteroatoms. The smallest absolute Gasteiger partial charge is 0.0964 e. The molecule has 0 aliphatic carbocycles. The highest BCUT2D eigenvalue weighted by Gasteiger charge is 2.12. The van der Waals surface area contributed by atoms with Gasteiger partial charge in [0.25, 0.3) is 0 Å². The molecule has 3 nitrogen and oxygen atoms in total. The van der Waals surface area contributed by atoms with Crippen molar-refractivity contribution in [3.63, 3.8) is 0 Å². The van der Waals surface area contributed by atoms with Crippen molar-refractivity contribution in [2.45, 2.75) is 26.8 Å². The number of aryl methyl sites for hydroxylation is 2. The molecule has 1 heterocycles. The van der Waals surface area contributed by atoms with Gasteiger partial charge >= 0.3 is 0 Å². The summed E-state index contributed by atoms with van der Waals surface area (Å²) in [5, 5.41) is 0. The minimum atomic E-state index is 0.214. The average Bonchev–Trinajstić information content (AvgIpc) is 2.81. The van der Waals surface area contributed by atoms with E-state index in [1.807, 2.05) is 24.5 Å². The molecular weight excluding hydrogens is 246 g/mol. The zero-order valence-electron chi connectivity index (χ0n) is 12.1. The second-order valence-corrected chi connectivity index (χ2v) is 5.42. The van der Waals surface area contributed by atoms with Crippen LogP contribution in [0.5, 0.6) is 0 Å². The van der Waals surface area contributed by atoms with Crippen molar-refractivity contribution in [1.82, 2.24) is 9.55 Å². The monoisotopic (exact) mass is 265 g/mol. The first kappa shape index (κ1) is 12.7. The SMILES string of the molecule is Cc1cc2ncn(C(C)c3cccc(N)c3)c2cc1C. The number of fused-ring (bicyclic) bond motifs is 1. The lowest BCUT2D eigenvalue weighted by atomic mass is 10.1. The van der Waals surface area contributed by atoms with Gasteiger partial charge in [0.15, 0.2) is 0 Å². The van der Waals surface area contributed by atoms with Crippen LogP contribution in [0.2, 0.25) is 0 Å². The fourth-order valence-corrected chi connectivity index (χ4v) is 2.57. The number of nitrogen functional groups attached to an aromatic ring is 1. The van der Waals surface area contributed by atoms with E-state index in [0.717, 1.165) is 11.2 Å². The van der Waals surface area contributed by atoms with Crippen LogP contribution in [0.25, 0.3) is 11.0 Å². The molecule has 2 N–H and O–H groups in total. The molecule has 0 aliphatic heterocycles. The molecule has 3 rings (SSSR count). The van der Waals surface area contributed by atoms with Gasteiger partial charge in [-0.3, -0.25) is 0 Å². The molecule has 20 heavy (non-hydrogen) atoms. The van der Waals surface area contributed by atoms with Crippen molar-refractivity contribution < 1.29 is 0 Å². The summed E-state index contributed by atoms with van der Waals surface area (Å²) >= 11 is 0. The molecule has 1 aromatic heterocycles. The molecule has 0 amide bonds. The zero-order valence-corrected chi connectivity index (χ0v) is 12.1. The standard InChI is InChI=1S/C17H19N3/c1-11-7-16-17(8-12(11)2)20(10-19-16)13(3)14-5-4-6-15(18)9-14/h4-10,13H,18H2,1-3H3. The van der Waals surface area contributed by atoms with Crippen molar-refractivity contribution in [2.75, 3.05) is 5.73 Å². The summed E-state index contributed by atoms with van der Waals surface area (Å²) in [6.07, 6.45) is 1.91. The maximum atomic E-state index is 5.88. The Kier molecular flexibility index (Phi) is 2.97. The van der Waals surface area contributed by atoms with Crippen LogP contribution in [0.1, 0.15) is 29.7 Å². The lowest BCUT2D eigenvalue weighted by Crippen LogP contribution is -2.06. The number of imidazole rings is 1. The van der Waals surface area contributed by atoms with E-state index in [0.29, 0.717) is 0 Å². The van der Waals surface area contributed by atoms with Gasteiger partial charge in [0.2, 0.25) is 0 Å². The van der Waals surface area contributed by atoms with Gasteiger partial charge in [-0.2, -0.15) is 0 Å². The minimum absolute atomic E-state index is 0.214. The predicted octanol–water partition coefficient (Wildman–Crippen LogP) is 3.84. The van der Waals surface area contributed by atoms with Crippen LogP contribution in [0.3, 0.4) is 0 Å². The van der Waals surface area contributed by atoms with Gasteiger partial charge in [-0.1, -0.05) is 12.1 Å². The van der Waals surface area contributed by atoms with E-state index in [1.54, 1.807) is 0 Å². The highest BCUT2D eigenvalue weighted by molar-refractivity contribution is 5.77. The Labute approximate surface area is 119 Å². The molecule has 0 bridgehead atoms. The maximum absolute atomic E-state index is 5.88. The van der Waals surface area contributed by atoms with Gasteiger partial charge in [-0.05, 0) is 61.7 Å². The van der Waals surface area contributed by atoms with Crippen LogP contribution in [0, 0.1) is 13.8 Å². The first-order valence-electron chi connectivity index (χ1n) is 6.85. The number of anilines is 1. The van der Waals surface area contributed by atoms with Crippen LogP contribution >= 0.6 is 0 Å². The van der Waals surface area contributed by atoms with Gasteiger partial charge in [0.05, 0.1) is 23.4 Å². The number of benzene rings is 2. The van der Waals surface area contributed by atoms with Gasteiger partial charge in [0.1, 0.15) is 0 Å². The second-order valence-electron chi connectivity index (χ2n) is 5.42. The fourth-order valence-electron chi connectivity index (χ4n) is 2.57. The fraction of sp³-hybridized carbons (Fsp3) is 0.235. The summed E-state index contributed by atoms with van der Waals surface area (Å²) in [4.78, 5) is 4.52. The van der Waals surface area contributed by atoms with Gasteiger partial charge in [-0.25, -0.2) is 4.98 Å². The minimum Gasteiger partial charge on any atom is -0.399 e. The van der Waals surface area contributed by atoms with E-state index in [1.165, 1.54) is 22.2 Å². The van der Waals surface area contributed by atoms with E-state index < -0.39 is 0 Å². The van der Waals surface area contributed by atoms with E-state index in [4.69, 9.17) is 5.73 Å². The molecule has 102 valence electrons. The lowest BCUT2D eigenvalue weighted by molar-refractivity contribution is 0.658. The Morgan fingerprint density at radius 2 is 1.85 bits per heavy atom. The third-order valence-electron chi connectivity index (χ3n) is 4.00. The first-order valence-corrected chi connectivity index (χ1v) is 6.85. The third kappa shape index (κ3) is 2.05. The summed E-state index contributed by atoms with van der Waals surface area (Å²) in [7, 11) is 0. The van der Waals surface area contributed by atoms with E-state index in [9.17, 15) is 0 Å². The maximum Gasteiger partial charge on any atom is 0.0964 e. The molecule has 3 aromatic rings. The van der Waals surface area contributed by atoms with Gasteiger partial charge in [0, 0.05) is 5.69 Å². The Balaban J connectivity index is 2.12. The number of aromatic nitrogens is 2. The average molecular weight is 265 g/mol. The van der Waals surface area contributed by atoms with E-state index in [-0.39, 0.29) is 6.04 Å². The molecule has 0 saturated heterocycles. The molecule has 1 atom stereocenters. The summed E-state index contributed by atoms with van der Waals surface area (Å²) < 4.78 is 2.20. The van der Waals surface area contributed by atoms with Crippen molar-refractivity contribution in [3.05, 3.63) is 59.4 Å². The van der Waals surface area contributed by atoms with E-state index in [2.05, 4.69) is 48.5 Å². The Morgan fingerprint density at radius 1 is 1.10 bits per heavy atom. The number of nitrogens with zero attached hydrogens (tertiary/aromatic N) is 2. The Hall–Kier alpha value is -2.29. The van der Waals surface area contributed by atoms with E-state index >= 15 is 0 Å². The molecule has 0 radical (unpaired) electrons. The highest BCUT2D eigenvalue weighted by atomic mass is 15.1. The largest absolute Gasteiger partial charge is 0.399 e. The summed E-state index contributed by atoms with van der Waals surface area (Å²) in [5.74, 6) is 0. The van der Waals surface area contributed by atoms with Crippen molar-refractivity contribution in [3.8, 4) is 0 Å². The van der Waals surface area contributed by atoms with Crippen LogP contribution in [0.15, 0.2) is 42.7 Å². The first-order chi connectivity index (χ1) is 9.56. The van der Waals surface area contributed by atoms with Crippen molar-refractivity contribution >= 4 is 16.7 Å². The van der Waals surface area contributed by atoms with Crippen molar-refractivity contribution in [1.29, 1.82) is 0 Å². The second kappa shape index (κ2) is 4.67. The molecule has 1 unspecified atom stereocenters. The number of hydrogen-bond donors (Lipinski definition) is 1. The molecule has 0 aliphatic rings. The van der Waals surface area contributed by atoms with Crippen molar-refractivity contribution in [2.24, 2.45) is 0 Å². The summed E-state index contributed by atoms with van der Waals surface area (Å²) in [6, 6.07) is 12.6. The number of nitrogens with two attached hydrogens (primary N) is 1. The summed E-state index contributed by atoms with van der Waals surface area (Å²) in [5.41, 5.74) is 12.7. The lowest BCUT2D eigenvalue weighted by Gasteiger charge is -2.16. The number of rotatable bonds is 2. The summed E-state index contributed by atoms with van der Waals surface area (Å²) in [6.45, 7) is 6.43. The molecule has 2 aromatic carbocycles.